The van der Waals surface area contributed by atoms with Gasteiger partial charge in [0, 0.05) is 43.2 Å². The molecule has 6 heteroatoms. The van der Waals surface area contributed by atoms with E-state index in [2.05, 4.69) is 48.3 Å². The van der Waals surface area contributed by atoms with Gasteiger partial charge in [-0.2, -0.15) is 0 Å². The first-order chi connectivity index (χ1) is 13.7. The highest BCUT2D eigenvalue weighted by Crippen LogP contribution is 2.23. The molecule has 1 aliphatic heterocycles. The number of likely N-dealkylation sites (N-methyl/N-ethyl adjacent to an activating group) is 1. The quantitative estimate of drug-likeness (QED) is 0.784. The first kappa shape index (κ1) is 20.9. The Labute approximate surface area is 172 Å². The molecule has 2 amide bonds. The molecule has 1 aliphatic rings. The topological polar surface area (TPSA) is 64.7 Å². The van der Waals surface area contributed by atoms with Gasteiger partial charge in [-0.3, -0.25) is 9.59 Å². The number of carbonyl (C=O) groups is 2. The minimum absolute atomic E-state index is 0.0379. The highest BCUT2D eigenvalue weighted by atomic mass is 16.2. The summed E-state index contributed by atoms with van der Waals surface area (Å²) in [5.74, 6) is -1.37. The lowest BCUT2D eigenvalue weighted by Gasteiger charge is -2.34. The van der Waals surface area contributed by atoms with Gasteiger partial charge in [-0.1, -0.05) is 32.9 Å². The van der Waals surface area contributed by atoms with E-state index in [9.17, 15) is 9.59 Å². The van der Waals surface area contributed by atoms with Crippen LogP contribution < -0.4 is 15.5 Å². The molecule has 2 aromatic carbocycles. The molecule has 29 heavy (non-hydrogen) atoms. The largest absolute Gasteiger partial charge is 0.369 e. The summed E-state index contributed by atoms with van der Waals surface area (Å²) in [6, 6.07) is 15.2. The molecule has 0 radical (unpaired) electrons. The van der Waals surface area contributed by atoms with Crippen molar-refractivity contribution in [1.29, 1.82) is 0 Å². The number of carbonyl (C=O) groups excluding carboxylic acids is 2. The second kappa shape index (κ2) is 8.66. The predicted molar refractivity (Wildman–Crippen MR) is 119 cm³/mol. The Hall–Kier alpha value is -2.86. The number of hydrogen-bond donors (Lipinski definition) is 2. The summed E-state index contributed by atoms with van der Waals surface area (Å²) in [4.78, 5) is 29.1. The first-order valence-electron chi connectivity index (χ1n) is 9.99. The minimum atomic E-state index is -0.684. The second-order valence-electron chi connectivity index (χ2n) is 8.57. The first-order valence-corrected chi connectivity index (χ1v) is 9.99. The summed E-state index contributed by atoms with van der Waals surface area (Å²) in [7, 11) is 2.12. The Morgan fingerprint density at radius 3 is 1.66 bits per heavy atom. The average Bonchev–Trinajstić information content (AvgIpc) is 2.69. The van der Waals surface area contributed by atoms with Crippen molar-refractivity contribution in [2.45, 2.75) is 26.2 Å². The van der Waals surface area contributed by atoms with Gasteiger partial charge in [0.1, 0.15) is 0 Å². The van der Waals surface area contributed by atoms with Crippen LogP contribution in [0.1, 0.15) is 26.3 Å². The molecule has 0 saturated carbocycles. The molecule has 0 bridgehead atoms. The molecule has 6 nitrogen and oxygen atoms in total. The maximum Gasteiger partial charge on any atom is 0.314 e. The summed E-state index contributed by atoms with van der Waals surface area (Å²) < 4.78 is 0. The molecule has 154 valence electrons. The number of nitrogens with one attached hydrogen (secondary N) is 2. The number of nitrogens with zero attached hydrogens (tertiary/aromatic N) is 2. The second-order valence-corrected chi connectivity index (χ2v) is 8.57. The van der Waals surface area contributed by atoms with Gasteiger partial charge >= 0.3 is 11.8 Å². The third-order valence-electron chi connectivity index (χ3n) is 5.21. The molecule has 3 rings (SSSR count). The van der Waals surface area contributed by atoms with E-state index >= 15 is 0 Å². The minimum Gasteiger partial charge on any atom is -0.369 e. The van der Waals surface area contributed by atoms with Crippen LogP contribution in [0.15, 0.2) is 48.5 Å². The van der Waals surface area contributed by atoms with Gasteiger partial charge in [0.05, 0.1) is 0 Å². The SMILES string of the molecule is CN1CCN(c2ccc(NC(=O)C(=O)Nc3ccc(C(C)(C)C)cc3)cc2)CC1. The Morgan fingerprint density at radius 2 is 1.21 bits per heavy atom. The lowest BCUT2D eigenvalue weighted by atomic mass is 9.87. The molecular formula is C23H30N4O2. The van der Waals surface area contributed by atoms with Crippen LogP contribution in [-0.4, -0.2) is 49.9 Å². The van der Waals surface area contributed by atoms with Gasteiger partial charge in [-0.15, -0.1) is 0 Å². The van der Waals surface area contributed by atoms with Crippen molar-refractivity contribution in [2.75, 3.05) is 48.8 Å². The van der Waals surface area contributed by atoms with Gasteiger partial charge in [0.25, 0.3) is 0 Å². The monoisotopic (exact) mass is 394 g/mol. The van der Waals surface area contributed by atoms with E-state index in [-0.39, 0.29) is 5.41 Å². The van der Waals surface area contributed by atoms with E-state index in [0.717, 1.165) is 31.9 Å². The van der Waals surface area contributed by atoms with Crippen LogP contribution in [-0.2, 0) is 15.0 Å². The molecular weight excluding hydrogens is 364 g/mol. The zero-order chi connectivity index (χ0) is 21.0. The predicted octanol–water partition coefficient (Wildman–Crippen LogP) is 3.31. The number of benzene rings is 2. The molecule has 0 spiro atoms. The highest BCUT2D eigenvalue weighted by Gasteiger charge is 2.17. The van der Waals surface area contributed by atoms with Crippen LogP contribution in [0.4, 0.5) is 17.1 Å². The highest BCUT2D eigenvalue weighted by molar-refractivity contribution is 6.43. The molecule has 2 aromatic rings. The third-order valence-corrected chi connectivity index (χ3v) is 5.21. The summed E-state index contributed by atoms with van der Waals surface area (Å²) in [6.07, 6.45) is 0. The smallest absolute Gasteiger partial charge is 0.314 e. The van der Waals surface area contributed by atoms with Gasteiger partial charge < -0.3 is 20.4 Å². The van der Waals surface area contributed by atoms with E-state index in [1.807, 2.05) is 48.5 Å². The zero-order valence-corrected chi connectivity index (χ0v) is 17.7. The maximum absolute atomic E-state index is 12.2. The summed E-state index contributed by atoms with van der Waals surface area (Å²) in [5.41, 5.74) is 3.53. The van der Waals surface area contributed by atoms with E-state index in [1.54, 1.807) is 0 Å². The molecule has 1 fully saturated rings. The summed E-state index contributed by atoms with van der Waals surface area (Å²) in [5, 5.41) is 5.30. The van der Waals surface area contributed by atoms with Crippen LogP contribution >= 0.6 is 0 Å². The van der Waals surface area contributed by atoms with Gasteiger partial charge in [-0.25, -0.2) is 0 Å². The Bertz CT molecular complexity index is 846. The van der Waals surface area contributed by atoms with Crippen molar-refractivity contribution in [1.82, 2.24) is 4.90 Å². The number of amides is 2. The summed E-state index contributed by atoms with van der Waals surface area (Å²) >= 11 is 0. The van der Waals surface area contributed by atoms with Crippen molar-refractivity contribution in [3.05, 3.63) is 54.1 Å². The van der Waals surface area contributed by atoms with E-state index in [0.29, 0.717) is 11.4 Å². The third kappa shape index (κ3) is 5.57. The molecule has 0 aliphatic carbocycles. The zero-order valence-electron chi connectivity index (χ0n) is 17.7. The number of hydrogen-bond acceptors (Lipinski definition) is 4. The normalized spacial score (nSPS) is 15.1. The van der Waals surface area contributed by atoms with E-state index in [1.165, 1.54) is 5.56 Å². The molecule has 0 atom stereocenters. The molecule has 0 aromatic heterocycles. The standard InChI is InChI=1S/C23H30N4O2/c1-23(2,3)17-5-7-18(8-6-17)24-21(28)22(29)25-19-9-11-20(12-10-19)27-15-13-26(4)14-16-27/h5-12H,13-16H2,1-4H3,(H,24,28)(H,25,29). The van der Waals surface area contributed by atoms with Gasteiger partial charge in [0.15, 0.2) is 0 Å². The van der Waals surface area contributed by atoms with Crippen LogP contribution in [0, 0.1) is 0 Å². The molecule has 1 saturated heterocycles. The van der Waals surface area contributed by atoms with Crippen molar-refractivity contribution in [3.8, 4) is 0 Å². The van der Waals surface area contributed by atoms with Crippen molar-refractivity contribution in [3.63, 3.8) is 0 Å². The summed E-state index contributed by atoms with van der Waals surface area (Å²) in [6.45, 7) is 10.4. The van der Waals surface area contributed by atoms with E-state index in [4.69, 9.17) is 0 Å². The maximum atomic E-state index is 12.2. The molecule has 0 unspecified atom stereocenters. The van der Waals surface area contributed by atoms with Gasteiger partial charge in [0.2, 0.25) is 0 Å². The number of anilines is 3. The fraction of sp³-hybridized carbons (Fsp3) is 0.391. The van der Waals surface area contributed by atoms with Crippen molar-refractivity contribution in [2.24, 2.45) is 0 Å². The van der Waals surface area contributed by atoms with Crippen LogP contribution in [0.5, 0.6) is 0 Å². The van der Waals surface area contributed by atoms with Crippen molar-refractivity contribution < 1.29 is 9.59 Å². The van der Waals surface area contributed by atoms with Crippen LogP contribution in [0.3, 0.4) is 0 Å². The Morgan fingerprint density at radius 1 is 0.759 bits per heavy atom. The van der Waals surface area contributed by atoms with E-state index < -0.39 is 11.8 Å². The van der Waals surface area contributed by atoms with Crippen LogP contribution in [0.2, 0.25) is 0 Å². The molecule has 2 N–H and O–H groups in total. The van der Waals surface area contributed by atoms with Gasteiger partial charge in [-0.05, 0) is 54.4 Å². The molecule has 1 heterocycles. The van der Waals surface area contributed by atoms with Crippen molar-refractivity contribution >= 4 is 28.9 Å². The lowest BCUT2D eigenvalue weighted by molar-refractivity contribution is -0.132. The lowest BCUT2D eigenvalue weighted by Crippen LogP contribution is -2.44. The number of piperazine rings is 1. The fourth-order valence-corrected chi connectivity index (χ4v) is 3.25. The average molecular weight is 395 g/mol. The Balaban J connectivity index is 1.55. The number of rotatable bonds is 3. The fourth-order valence-electron chi connectivity index (χ4n) is 3.25. The Kier molecular flexibility index (Phi) is 6.23. The van der Waals surface area contributed by atoms with Crippen LogP contribution in [0.25, 0.3) is 0 Å².